The van der Waals surface area contributed by atoms with E-state index in [9.17, 15) is 5.11 Å². The maximum atomic E-state index is 9.48. The molecule has 1 heterocycles. The number of rotatable bonds is 1. The van der Waals surface area contributed by atoms with Crippen molar-refractivity contribution >= 4 is 10.9 Å². The van der Waals surface area contributed by atoms with Gasteiger partial charge in [0.05, 0.1) is 0 Å². The molecule has 1 aromatic carbocycles. The number of H-pyrrole nitrogens is 1. The predicted molar refractivity (Wildman–Crippen MR) is 65.5 cm³/mol. The number of nitrogens with one attached hydrogen (secondary N) is 1. The Balaban J connectivity index is 2.15. The van der Waals surface area contributed by atoms with E-state index >= 15 is 0 Å². The van der Waals surface area contributed by atoms with Crippen LogP contribution < -0.4 is 0 Å². The lowest BCUT2D eigenvalue weighted by Crippen LogP contribution is -2.29. The van der Waals surface area contributed by atoms with Crippen molar-refractivity contribution in [3.05, 3.63) is 35.5 Å². The SMILES string of the molecule is CC1(CO)CCc2[nH]c3ccccc3c2C1. The van der Waals surface area contributed by atoms with Gasteiger partial charge in [-0.3, -0.25) is 0 Å². The highest BCUT2D eigenvalue weighted by Gasteiger charge is 2.31. The average molecular weight is 215 g/mol. The summed E-state index contributed by atoms with van der Waals surface area (Å²) >= 11 is 0. The second kappa shape index (κ2) is 3.36. The van der Waals surface area contributed by atoms with Crippen molar-refractivity contribution in [3.63, 3.8) is 0 Å². The maximum Gasteiger partial charge on any atom is 0.0488 e. The summed E-state index contributed by atoms with van der Waals surface area (Å²) in [7, 11) is 0. The molecular weight excluding hydrogens is 198 g/mol. The summed E-state index contributed by atoms with van der Waals surface area (Å²) in [6.45, 7) is 2.46. The number of aliphatic hydroxyl groups excluding tert-OH is 1. The first-order chi connectivity index (χ1) is 7.72. The number of hydrogen-bond donors (Lipinski definition) is 2. The number of fused-ring (bicyclic) bond motifs is 3. The third-order valence-corrected chi connectivity index (χ3v) is 3.87. The molecule has 0 aliphatic heterocycles. The molecule has 1 aromatic heterocycles. The second-order valence-electron chi connectivity index (χ2n) is 5.27. The van der Waals surface area contributed by atoms with Crippen LogP contribution in [-0.4, -0.2) is 16.7 Å². The van der Waals surface area contributed by atoms with Crippen molar-refractivity contribution in [1.82, 2.24) is 4.98 Å². The van der Waals surface area contributed by atoms with E-state index in [2.05, 4.69) is 36.2 Å². The fourth-order valence-electron chi connectivity index (χ4n) is 2.75. The lowest BCUT2D eigenvalue weighted by atomic mass is 9.75. The predicted octanol–water partition coefficient (Wildman–Crippen LogP) is 2.66. The third-order valence-electron chi connectivity index (χ3n) is 3.87. The Morgan fingerprint density at radius 2 is 2.19 bits per heavy atom. The molecule has 2 N–H and O–H groups in total. The molecular formula is C14H17NO. The monoisotopic (exact) mass is 215 g/mol. The summed E-state index contributed by atoms with van der Waals surface area (Å²) in [4.78, 5) is 3.50. The number of aromatic nitrogens is 1. The number of para-hydroxylation sites is 1. The van der Waals surface area contributed by atoms with Crippen LogP contribution in [0.25, 0.3) is 10.9 Å². The van der Waals surface area contributed by atoms with Gasteiger partial charge in [-0.2, -0.15) is 0 Å². The highest BCUT2D eigenvalue weighted by atomic mass is 16.3. The minimum absolute atomic E-state index is 0.0674. The van der Waals surface area contributed by atoms with Crippen LogP contribution in [0.3, 0.4) is 0 Å². The number of aryl methyl sites for hydroxylation is 1. The standard InChI is InChI=1S/C14H17NO/c1-14(9-16)7-6-13-11(8-14)10-4-2-3-5-12(10)15-13/h2-5,15-16H,6-9H2,1H3. The average Bonchev–Trinajstić information content (AvgIpc) is 2.67. The van der Waals surface area contributed by atoms with Crippen molar-refractivity contribution in [1.29, 1.82) is 0 Å². The minimum atomic E-state index is 0.0674. The molecule has 1 aliphatic rings. The third kappa shape index (κ3) is 1.37. The summed E-state index contributed by atoms with van der Waals surface area (Å²) in [5, 5.41) is 10.8. The fraction of sp³-hybridized carbons (Fsp3) is 0.429. The van der Waals surface area contributed by atoms with Gasteiger partial charge in [-0.05, 0) is 36.3 Å². The zero-order chi connectivity index (χ0) is 11.2. The maximum absolute atomic E-state index is 9.48. The summed E-state index contributed by atoms with van der Waals surface area (Å²) < 4.78 is 0. The van der Waals surface area contributed by atoms with Gasteiger partial charge in [-0.15, -0.1) is 0 Å². The van der Waals surface area contributed by atoms with Gasteiger partial charge in [0, 0.05) is 23.2 Å². The van der Waals surface area contributed by atoms with Crippen LogP contribution in [0, 0.1) is 5.41 Å². The molecule has 0 amide bonds. The first-order valence-electron chi connectivity index (χ1n) is 5.91. The van der Waals surface area contributed by atoms with Gasteiger partial charge in [0.15, 0.2) is 0 Å². The van der Waals surface area contributed by atoms with Crippen LogP contribution in [-0.2, 0) is 12.8 Å². The van der Waals surface area contributed by atoms with Crippen LogP contribution in [0.5, 0.6) is 0 Å². The van der Waals surface area contributed by atoms with E-state index in [4.69, 9.17) is 0 Å². The normalized spacial score (nSPS) is 24.6. The Kier molecular flexibility index (Phi) is 2.08. The van der Waals surface area contributed by atoms with Crippen molar-refractivity contribution in [3.8, 4) is 0 Å². The summed E-state index contributed by atoms with van der Waals surface area (Å²) in [6.07, 6.45) is 3.12. The Labute approximate surface area is 95.3 Å². The van der Waals surface area contributed by atoms with E-state index in [1.165, 1.54) is 22.2 Å². The summed E-state index contributed by atoms with van der Waals surface area (Å²) in [6, 6.07) is 8.45. The van der Waals surface area contributed by atoms with Crippen LogP contribution in [0.15, 0.2) is 24.3 Å². The first-order valence-corrected chi connectivity index (χ1v) is 5.91. The molecule has 16 heavy (non-hydrogen) atoms. The molecule has 0 saturated carbocycles. The number of aromatic amines is 1. The van der Waals surface area contributed by atoms with E-state index in [0.29, 0.717) is 0 Å². The number of benzene rings is 1. The Morgan fingerprint density at radius 1 is 1.38 bits per heavy atom. The van der Waals surface area contributed by atoms with Crippen LogP contribution >= 0.6 is 0 Å². The van der Waals surface area contributed by atoms with Crippen molar-refractivity contribution in [2.24, 2.45) is 5.41 Å². The van der Waals surface area contributed by atoms with Crippen molar-refractivity contribution in [2.45, 2.75) is 26.2 Å². The molecule has 0 spiro atoms. The lowest BCUT2D eigenvalue weighted by molar-refractivity contribution is 0.127. The molecule has 0 fully saturated rings. The van der Waals surface area contributed by atoms with Crippen LogP contribution in [0.2, 0.25) is 0 Å². The van der Waals surface area contributed by atoms with Gasteiger partial charge in [0.2, 0.25) is 0 Å². The highest BCUT2D eigenvalue weighted by molar-refractivity contribution is 5.84. The van der Waals surface area contributed by atoms with Gasteiger partial charge in [-0.25, -0.2) is 0 Å². The van der Waals surface area contributed by atoms with Crippen molar-refractivity contribution < 1.29 is 5.11 Å². The number of hydrogen-bond acceptors (Lipinski definition) is 1. The zero-order valence-electron chi connectivity index (χ0n) is 9.59. The summed E-state index contributed by atoms with van der Waals surface area (Å²) in [5.41, 5.74) is 4.08. The molecule has 1 atom stereocenters. The highest BCUT2D eigenvalue weighted by Crippen LogP contribution is 2.38. The quantitative estimate of drug-likeness (QED) is 0.753. The van der Waals surface area contributed by atoms with E-state index in [-0.39, 0.29) is 12.0 Å². The van der Waals surface area contributed by atoms with Crippen LogP contribution in [0.4, 0.5) is 0 Å². The zero-order valence-corrected chi connectivity index (χ0v) is 9.59. The molecule has 1 unspecified atom stereocenters. The second-order valence-corrected chi connectivity index (χ2v) is 5.27. The van der Waals surface area contributed by atoms with Gasteiger partial charge >= 0.3 is 0 Å². The molecule has 0 radical (unpaired) electrons. The van der Waals surface area contributed by atoms with Crippen molar-refractivity contribution in [2.75, 3.05) is 6.61 Å². The van der Waals surface area contributed by atoms with E-state index < -0.39 is 0 Å². The minimum Gasteiger partial charge on any atom is -0.396 e. The van der Waals surface area contributed by atoms with Gasteiger partial charge in [0.1, 0.15) is 0 Å². The Morgan fingerprint density at radius 3 is 3.00 bits per heavy atom. The molecule has 1 aliphatic carbocycles. The lowest BCUT2D eigenvalue weighted by Gasteiger charge is -2.31. The molecule has 2 heteroatoms. The molecule has 0 saturated heterocycles. The topological polar surface area (TPSA) is 36.0 Å². The van der Waals surface area contributed by atoms with E-state index in [1.54, 1.807) is 0 Å². The fourth-order valence-corrected chi connectivity index (χ4v) is 2.75. The Bertz CT molecular complexity index is 529. The molecule has 84 valence electrons. The number of aliphatic hydroxyl groups is 1. The molecule has 0 bridgehead atoms. The Hall–Kier alpha value is -1.28. The van der Waals surface area contributed by atoms with E-state index in [1.807, 2.05) is 0 Å². The molecule has 2 nitrogen and oxygen atoms in total. The summed E-state index contributed by atoms with van der Waals surface area (Å²) in [5.74, 6) is 0. The molecule has 2 aromatic rings. The smallest absolute Gasteiger partial charge is 0.0488 e. The largest absolute Gasteiger partial charge is 0.396 e. The molecule has 3 rings (SSSR count). The van der Waals surface area contributed by atoms with Crippen LogP contribution in [0.1, 0.15) is 24.6 Å². The van der Waals surface area contributed by atoms with E-state index in [0.717, 1.165) is 19.3 Å². The first kappa shape index (κ1) is 9.91. The van der Waals surface area contributed by atoms with Gasteiger partial charge < -0.3 is 10.1 Å². The van der Waals surface area contributed by atoms with Gasteiger partial charge in [0.25, 0.3) is 0 Å². The van der Waals surface area contributed by atoms with Gasteiger partial charge in [-0.1, -0.05) is 25.1 Å².